The van der Waals surface area contributed by atoms with Gasteiger partial charge in [0, 0.05) is 22.0 Å². The Balaban J connectivity index is 1.31. The second-order valence-corrected chi connectivity index (χ2v) is 9.16. The molecule has 1 aromatic carbocycles. The van der Waals surface area contributed by atoms with Crippen LogP contribution in [0.4, 0.5) is 5.69 Å². The average molecular weight is 414 g/mol. The standard InChI is InChI=1S/C20H19N3O3S2/c1-11-2-4-13-16(6-11)28-20-18(13)19(21-9-22-20)27-8-17(24)23-12-3-5-14-15(7-12)26-10-25-14/h3,5,7,9,11H,2,4,6,8,10H2,1H3,(H,23,24)/t11-/m0/s1. The van der Waals surface area contributed by atoms with Crippen LogP contribution in [0.15, 0.2) is 29.6 Å². The maximum absolute atomic E-state index is 12.4. The van der Waals surface area contributed by atoms with Crippen molar-refractivity contribution in [2.24, 2.45) is 5.92 Å². The van der Waals surface area contributed by atoms with E-state index in [-0.39, 0.29) is 12.7 Å². The van der Waals surface area contributed by atoms with E-state index in [0.29, 0.717) is 22.9 Å². The Morgan fingerprint density at radius 2 is 2.21 bits per heavy atom. The van der Waals surface area contributed by atoms with E-state index >= 15 is 0 Å². The molecule has 144 valence electrons. The predicted molar refractivity (Wildman–Crippen MR) is 111 cm³/mol. The Labute approximate surface area is 170 Å². The number of aryl methyl sites for hydroxylation is 1. The van der Waals surface area contributed by atoms with Crippen molar-refractivity contribution in [3.05, 3.63) is 35.0 Å². The van der Waals surface area contributed by atoms with Crippen LogP contribution in [0.1, 0.15) is 23.8 Å². The van der Waals surface area contributed by atoms with Crippen LogP contribution in [0.2, 0.25) is 0 Å². The molecule has 1 amide bonds. The highest BCUT2D eigenvalue weighted by atomic mass is 32.2. The summed E-state index contributed by atoms with van der Waals surface area (Å²) in [6, 6.07) is 5.40. The third-order valence-corrected chi connectivity index (χ3v) is 7.21. The van der Waals surface area contributed by atoms with Crippen LogP contribution in [0.25, 0.3) is 10.2 Å². The molecule has 6 nitrogen and oxygen atoms in total. The third-order valence-electron chi connectivity index (χ3n) is 5.05. The lowest BCUT2D eigenvalue weighted by Gasteiger charge is -2.18. The van der Waals surface area contributed by atoms with Gasteiger partial charge >= 0.3 is 0 Å². The predicted octanol–water partition coefficient (Wildman–Crippen LogP) is 4.28. The third kappa shape index (κ3) is 3.31. The number of thiophene rings is 1. The fraction of sp³-hybridized carbons (Fsp3) is 0.350. The first-order valence-corrected chi connectivity index (χ1v) is 11.0. The van der Waals surface area contributed by atoms with Crippen LogP contribution in [0.3, 0.4) is 0 Å². The summed E-state index contributed by atoms with van der Waals surface area (Å²) in [5.74, 6) is 2.29. The topological polar surface area (TPSA) is 73.3 Å². The van der Waals surface area contributed by atoms with Crippen molar-refractivity contribution in [1.29, 1.82) is 0 Å². The molecular formula is C20H19N3O3S2. The van der Waals surface area contributed by atoms with Gasteiger partial charge in [-0.1, -0.05) is 18.7 Å². The number of nitrogens with one attached hydrogen (secondary N) is 1. The smallest absolute Gasteiger partial charge is 0.234 e. The molecule has 5 rings (SSSR count). The number of aromatic nitrogens is 2. The maximum atomic E-state index is 12.4. The number of amides is 1. The van der Waals surface area contributed by atoms with Crippen molar-refractivity contribution in [2.45, 2.75) is 31.2 Å². The quantitative estimate of drug-likeness (QED) is 0.508. The molecular weight excluding hydrogens is 394 g/mol. The first-order chi connectivity index (χ1) is 13.7. The molecule has 1 N–H and O–H groups in total. The number of fused-ring (bicyclic) bond motifs is 4. The first kappa shape index (κ1) is 17.8. The van der Waals surface area contributed by atoms with Gasteiger partial charge in [0.2, 0.25) is 12.7 Å². The number of hydrogen-bond donors (Lipinski definition) is 1. The normalized spacial score (nSPS) is 17.5. The second kappa shape index (κ2) is 7.25. The summed E-state index contributed by atoms with van der Waals surface area (Å²) in [5.41, 5.74) is 2.09. The number of rotatable bonds is 4. The molecule has 1 aliphatic heterocycles. The molecule has 8 heteroatoms. The molecule has 0 spiro atoms. The summed E-state index contributed by atoms with van der Waals surface area (Å²) in [7, 11) is 0. The van der Waals surface area contributed by atoms with Crippen LogP contribution in [-0.4, -0.2) is 28.4 Å². The van der Waals surface area contributed by atoms with Crippen molar-refractivity contribution in [1.82, 2.24) is 9.97 Å². The Morgan fingerprint density at radius 1 is 1.32 bits per heavy atom. The summed E-state index contributed by atoms with van der Waals surface area (Å²) in [6.07, 6.45) is 4.99. The zero-order chi connectivity index (χ0) is 19.1. The van der Waals surface area contributed by atoms with Gasteiger partial charge in [0.05, 0.1) is 5.75 Å². The molecule has 3 aromatic rings. The van der Waals surface area contributed by atoms with Crippen LogP contribution in [0.5, 0.6) is 11.5 Å². The highest BCUT2D eigenvalue weighted by molar-refractivity contribution is 8.00. The summed E-state index contributed by atoms with van der Waals surface area (Å²) < 4.78 is 10.7. The minimum Gasteiger partial charge on any atom is -0.454 e. The molecule has 2 aromatic heterocycles. The average Bonchev–Trinajstić information content (AvgIpc) is 3.29. The monoisotopic (exact) mass is 413 g/mol. The summed E-state index contributed by atoms with van der Waals surface area (Å²) >= 11 is 3.24. The number of ether oxygens (including phenoxy) is 2. The Morgan fingerprint density at radius 3 is 3.14 bits per heavy atom. The molecule has 0 bridgehead atoms. The Hall–Kier alpha value is -2.32. The van der Waals surface area contributed by atoms with Crippen molar-refractivity contribution in [3.63, 3.8) is 0 Å². The van der Waals surface area contributed by atoms with Crippen molar-refractivity contribution in [2.75, 3.05) is 17.9 Å². The largest absolute Gasteiger partial charge is 0.454 e. The number of thioether (sulfide) groups is 1. The molecule has 0 fully saturated rings. The molecule has 0 radical (unpaired) electrons. The van der Waals surface area contributed by atoms with Gasteiger partial charge in [-0.15, -0.1) is 11.3 Å². The number of carbonyl (C=O) groups excluding carboxylic acids is 1. The van der Waals surface area contributed by atoms with E-state index in [1.165, 1.54) is 28.6 Å². The van der Waals surface area contributed by atoms with Gasteiger partial charge in [-0.25, -0.2) is 9.97 Å². The van der Waals surface area contributed by atoms with Gasteiger partial charge in [-0.2, -0.15) is 0 Å². The zero-order valence-electron chi connectivity index (χ0n) is 15.4. The highest BCUT2D eigenvalue weighted by Crippen LogP contribution is 2.40. The lowest BCUT2D eigenvalue weighted by atomic mass is 9.89. The van der Waals surface area contributed by atoms with Gasteiger partial charge in [-0.3, -0.25) is 4.79 Å². The minimum atomic E-state index is -0.0756. The Bertz CT molecular complexity index is 1070. The van der Waals surface area contributed by atoms with Crippen LogP contribution >= 0.6 is 23.1 Å². The van der Waals surface area contributed by atoms with E-state index in [4.69, 9.17) is 9.47 Å². The molecule has 3 heterocycles. The first-order valence-electron chi connectivity index (χ1n) is 9.25. The molecule has 1 aliphatic carbocycles. The van der Waals surface area contributed by atoms with E-state index in [1.54, 1.807) is 29.8 Å². The molecule has 28 heavy (non-hydrogen) atoms. The van der Waals surface area contributed by atoms with Gasteiger partial charge in [0.1, 0.15) is 16.2 Å². The number of benzene rings is 1. The van der Waals surface area contributed by atoms with Gasteiger partial charge in [-0.05, 0) is 42.9 Å². The van der Waals surface area contributed by atoms with Crippen molar-refractivity contribution < 1.29 is 14.3 Å². The van der Waals surface area contributed by atoms with E-state index in [0.717, 1.165) is 34.0 Å². The number of carbonyl (C=O) groups is 1. The SMILES string of the molecule is C[C@H]1CCc2c(sc3ncnc(SCC(=O)Nc4ccc5c(c4)OCO5)c23)C1. The van der Waals surface area contributed by atoms with Crippen LogP contribution < -0.4 is 14.8 Å². The van der Waals surface area contributed by atoms with Crippen molar-refractivity contribution in [3.8, 4) is 11.5 Å². The summed E-state index contributed by atoms with van der Waals surface area (Å²) in [5, 5.41) is 4.97. The number of nitrogens with zero attached hydrogens (tertiary/aromatic N) is 2. The lowest BCUT2D eigenvalue weighted by molar-refractivity contribution is -0.113. The van der Waals surface area contributed by atoms with Gasteiger partial charge in [0.15, 0.2) is 11.5 Å². The number of hydrogen-bond acceptors (Lipinski definition) is 7. The lowest BCUT2D eigenvalue weighted by Crippen LogP contribution is -2.14. The van der Waals surface area contributed by atoms with Gasteiger partial charge < -0.3 is 14.8 Å². The van der Waals surface area contributed by atoms with E-state index in [1.807, 2.05) is 6.07 Å². The molecule has 1 atom stereocenters. The van der Waals surface area contributed by atoms with E-state index in [2.05, 4.69) is 22.2 Å². The number of anilines is 1. The zero-order valence-corrected chi connectivity index (χ0v) is 17.0. The molecule has 0 saturated heterocycles. The van der Waals surface area contributed by atoms with E-state index in [9.17, 15) is 4.79 Å². The summed E-state index contributed by atoms with van der Waals surface area (Å²) in [6.45, 7) is 2.52. The Kier molecular flexibility index (Phi) is 4.60. The molecule has 0 unspecified atom stereocenters. The fourth-order valence-electron chi connectivity index (χ4n) is 3.66. The highest BCUT2D eigenvalue weighted by Gasteiger charge is 2.23. The minimum absolute atomic E-state index is 0.0756. The van der Waals surface area contributed by atoms with Gasteiger partial charge in [0.25, 0.3) is 0 Å². The van der Waals surface area contributed by atoms with Crippen LogP contribution in [-0.2, 0) is 17.6 Å². The van der Waals surface area contributed by atoms with E-state index < -0.39 is 0 Å². The van der Waals surface area contributed by atoms with Crippen LogP contribution in [0, 0.1) is 5.92 Å². The van der Waals surface area contributed by atoms with Crippen molar-refractivity contribution >= 4 is 44.9 Å². The maximum Gasteiger partial charge on any atom is 0.234 e. The fourth-order valence-corrected chi connectivity index (χ4v) is 5.90. The molecule has 0 saturated carbocycles. The molecule has 2 aliphatic rings. The second-order valence-electron chi connectivity index (χ2n) is 7.12. The summed E-state index contributed by atoms with van der Waals surface area (Å²) in [4.78, 5) is 23.9.